The van der Waals surface area contributed by atoms with Crippen LogP contribution >= 0.6 is 0 Å². The first-order valence-electron chi connectivity index (χ1n) is 8.47. The van der Waals surface area contributed by atoms with E-state index < -0.39 is 0 Å². The van der Waals surface area contributed by atoms with Crippen molar-refractivity contribution in [1.82, 2.24) is 10.2 Å². The van der Waals surface area contributed by atoms with Crippen molar-refractivity contribution in [2.24, 2.45) is 0 Å². The number of hydrogen-bond donors (Lipinski definition) is 1. The lowest BCUT2D eigenvalue weighted by molar-refractivity contribution is -0.116. The molecule has 0 saturated carbocycles. The maximum atomic E-state index is 13.6. The quantitative estimate of drug-likeness (QED) is 0.777. The lowest BCUT2D eigenvalue weighted by Gasteiger charge is -2.25. The van der Waals surface area contributed by atoms with E-state index in [1.54, 1.807) is 18.2 Å². The molecule has 0 heterocycles. The number of hydrogen-bond acceptors (Lipinski definition) is 2. The van der Waals surface area contributed by atoms with Gasteiger partial charge < -0.3 is 10.2 Å². The Kier molecular flexibility index (Phi) is 6.90. The Hall–Kier alpha value is -2.46. The molecule has 0 spiro atoms. The lowest BCUT2D eigenvalue weighted by atomic mass is 10.0. The van der Waals surface area contributed by atoms with Crippen molar-refractivity contribution in [3.63, 3.8) is 0 Å². The van der Waals surface area contributed by atoms with Gasteiger partial charge >= 0.3 is 0 Å². The highest BCUT2D eigenvalue weighted by Crippen LogP contribution is 2.18. The molecule has 3 nitrogen and oxygen atoms in total. The van der Waals surface area contributed by atoms with Crippen molar-refractivity contribution in [3.8, 4) is 0 Å². The van der Waals surface area contributed by atoms with E-state index in [1.807, 2.05) is 14.1 Å². The first-order valence-corrected chi connectivity index (χ1v) is 8.47. The predicted molar refractivity (Wildman–Crippen MR) is 101 cm³/mol. The first kappa shape index (κ1) is 18.9. The molecule has 0 aliphatic carbocycles. The van der Waals surface area contributed by atoms with E-state index >= 15 is 0 Å². The molecule has 0 saturated heterocycles. The highest BCUT2D eigenvalue weighted by Gasteiger charge is 2.14. The van der Waals surface area contributed by atoms with Crippen molar-refractivity contribution in [2.45, 2.75) is 19.4 Å². The van der Waals surface area contributed by atoms with Gasteiger partial charge in [-0.25, -0.2) is 4.39 Å². The van der Waals surface area contributed by atoms with E-state index in [0.29, 0.717) is 12.1 Å². The van der Waals surface area contributed by atoms with Crippen LogP contribution in [0.2, 0.25) is 0 Å². The van der Waals surface area contributed by atoms with E-state index in [2.05, 4.69) is 41.4 Å². The molecule has 0 aliphatic heterocycles. The molecule has 1 atom stereocenters. The minimum absolute atomic E-state index is 0.0803. The second-order valence-corrected chi connectivity index (χ2v) is 6.17. The molecule has 132 valence electrons. The van der Waals surface area contributed by atoms with Gasteiger partial charge in [0.25, 0.3) is 0 Å². The monoisotopic (exact) mass is 340 g/mol. The van der Waals surface area contributed by atoms with E-state index in [0.717, 1.165) is 12.0 Å². The van der Waals surface area contributed by atoms with E-state index in [9.17, 15) is 9.18 Å². The van der Waals surface area contributed by atoms with E-state index in [4.69, 9.17) is 0 Å². The third kappa shape index (κ3) is 5.54. The van der Waals surface area contributed by atoms with Gasteiger partial charge in [0.2, 0.25) is 5.91 Å². The van der Waals surface area contributed by atoms with Gasteiger partial charge in [-0.1, -0.05) is 49.4 Å². The number of aryl methyl sites for hydroxylation is 1. The summed E-state index contributed by atoms with van der Waals surface area (Å²) in [7, 11) is 3.97. The standard InChI is InChI=1S/C21H25FN2O/c1-4-16-9-11-18(12-10-16)20(24(2)3)15-23-21(25)14-13-17-7-5-6-8-19(17)22/h5-14,20H,4,15H2,1-3H3,(H,23,25)/b14-13+. The number of likely N-dealkylation sites (N-methyl/N-ethyl adjacent to an activating group) is 1. The third-order valence-electron chi connectivity index (χ3n) is 4.19. The summed E-state index contributed by atoms with van der Waals surface area (Å²) in [5, 5.41) is 2.89. The van der Waals surface area contributed by atoms with Gasteiger partial charge in [0, 0.05) is 18.2 Å². The molecular formula is C21H25FN2O. The molecule has 0 aromatic heterocycles. The molecule has 2 aromatic rings. The molecule has 4 heteroatoms. The van der Waals surface area contributed by atoms with Crippen LogP contribution < -0.4 is 5.32 Å². The molecule has 2 aromatic carbocycles. The molecule has 1 amide bonds. The average molecular weight is 340 g/mol. The highest BCUT2D eigenvalue weighted by molar-refractivity contribution is 5.91. The fraction of sp³-hybridized carbons (Fsp3) is 0.286. The van der Waals surface area contributed by atoms with E-state index in [-0.39, 0.29) is 17.8 Å². The van der Waals surface area contributed by atoms with Crippen molar-refractivity contribution < 1.29 is 9.18 Å². The number of rotatable bonds is 7. The number of halogens is 1. The fourth-order valence-corrected chi connectivity index (χ4v) is 2.61. The van der Waals surface area contributed by atoms with Crippen LogP contribution in [0.4, 0.5) is 4.39 Å². The predicted octanol–water partition coefficient (Wildman–Crippen LogP) is 3.82. The van der Waals surface area contributed by atoms with Gasteiger partial charge in [0.05, 0.1) is 6.04 Å². The molecule has 1 unspecified atom stereocenters. The Labute approximate surface area is 149 Å². The third-order valence-corrected chi connectivity index (χ3v) is 4.19. The zero-order chi connectivity index (χ0) is 18.2. The zero-order valence-corrected chi connectivity index (χ0v) is 15.0. The van der Waals surface area contributed by atoms with Crippen LogP contribution in [0.3, 0.4) is 0 Å². The van der Waals surface area contributed by atoms with Gasteiger partial charge in [-0.3, -0.25) is 4.79 Å². The largest absolute Gasteiger partial charge is 0.351 e. The Morgan fingerprint density at radius 1 is 1.16 bits per heavy atom. The summed E-state index contributed by atoms with van der Waals surface area (Å²) in [6.07, 6.45) is 3.86. The van der Waals surface area contributed by atoms with Crippen molar-refractivity contribution >= 4 is 12.0 Å². The smallest absolute Gasteiger partial charge is 0.244 e. The van der Waals surface area contributed by atoms with Crippen LogP contribution in [0.25, 0.3) is 6.08 Å². The summed E-state index contributed by atoms with van der Waals surface area (Å²) in [4.78, 5) is 14.1. The summed E-state index contributed by atoms with van der Waals surface area (Å²) in [5.41, 5.74) is 2.84. The molecule has 0 radical (unpaired) electrons. The maximum absolute atomic E-state index is 13.6. The Morgan fingerprint density at radius 2 is 1.84 bits per heavy atom. The molecule has 0 aliphatic rings. The van der Waals surface area contributed by atoms with Gasteiger partial charge in [0.15, 0.2) is 0 Å². The Morgan fingerprint density at radius 3 is 2.44 bits per heavy atom. The van der Waals surface area contributed by atoms with Crippen LogP contribution in [-0.2, 0) is 11.2 Å². The molecule has 2 rings (SSSR count). The summed E-state index contributed by atoms with van der Waals surface area (Å²) in [5.74, 6) is -0.575. The first-order chi connectivity index (χ1) is 12.0. The van der Waals surface area contributed by atoms with Crippen LogP contribution in [0, 0.1) is 5.82 Å². The van der Waals surface area contributed by atoms with Crippen LogP contribution in [0.1, 0.15) is 29.7 Å². The van der Waals surface area contributed by atoms with Gasteiger partial charge in [0.1, 0.15) is 5.82 Å². The minimum Gasteiger partial charge on any atom is -0.351 e. The molecule has 0 fully saturated rings. The number of amides is 1. The number of benzene rings is 2. The second-order valence-electron chi connectivity index (χ2n) is 6.17. The van der Waals surface area contributed by atoms with Crippen molar-refractivity contribution in [1.29, 1.82) is 0 Å². The molecular weight excluding hydrogens is 315 g/mol. The van der Waals surface area contributed by atoms with Gasteiger partial charge in [-0.15, -0.1) is 0 Å². The summed E-state index contributed by atoms with van der Waals surface area (Å²) in [6, 6.07) is 14.9. The van der Waals surface area contributed by atoms with Crippen LogP contribution in [0.5, 0.6) is 0 Å². The summed E-state index contributed by atoms with van der Waals surface area (Å²) in [6.45, 7) is 2.61. The van der Waals surface area contributed by atoms with Gasteiger partial charge in [-0.2, -0.15) is 0 Å². The normalized spacial score (nSPS) is 12.5. The number of nitrogens with one attached hydrogen (secondary N) is 1. The summed E-state index contributed by atoms with van der Waals surface area (Å²) < 4.78 is 13.6. The zero-order valence-electron chi connectivity index (χ0n) is 15.0. The molecule has 0 bridgehead atoms. The maximum Gasteiger partial charge on any atom is 0.244 e. The highest BCUT2D eigenvalue weighted by atomic mass is 19.1. The Balaban J connectivity index is 1.98. The molecule has 1 N–H and O–H groups in total. The fourth-order valence-electron chi connectivity index (χ4n) is 2.61. The summed E-state index contributed by atoms with van der Waals surface area (Å²) >= 11 is 0. The number of nitrogens with zero attached hydrogens (tertiary/aromatic N) is 1. The van der Waals surface area contributed by atoms with E-state index in [1.165, 1.54) is 23.8 Å². The SMILES string of the molecule is CCc1ccc(C(CNC(=O)/C=C/c2ccccc2F)N(C)C)cc1. The van der Waals surface area contributed by atoms with Crippen LogP contribution in [0.15, 0.2) is 54.6 Å². The lowest BCUT2D eigenvalue weighted by Crippen LogP contribution is -2.33. The van der Waals surface area contributed by atoms with Gasteiger partial charge in [-0.05, 0) is 43.8 Å². The second kappa shape index (κ2) is 9.14. The minimum atomic E-state index is -0.339. The Bertz CT molecular complexity index is 723. The van der Waals surface area contributed by atoms with Crippen molar-refractivity contribution in [3.05, 3.63) is 77.1 Å². The number of carbonyl (C=O) groups excluding carboxylic acids is 1. The topological polar surface area (TPSA) is 32.3 Å². The average Bonchev–Trinajstić information content (AvgIpc) is 2.61. The molecule has 25 heavy (non-hydrogen) atoms. The van der Waals surface area contributed by atoms with Crippen LogP contribution in [-0.4, -0.2) is 31.4 Å². The van der Waals surface area contributed by atoms with Crippen molar-refractivity contribution in [2.75, 3.05) is 20.6 Å². The number of carbonyl (C=O) groups is 1.